The lowest BCUT2D eigenvalue weighted by Crippen LogP contribution is -2.16. The molecule has 0 aliphatic heterocycles. The number of benzene rings is 1. The highest BCUT2D eigenvalue weighted by Gasteiger charge is 2.26. The predicted octanol–water partition coefficient (Wildman–Crippen LogP) is 5.92. The highest BCUT2D eigenvalue weighted by Crippen LogP contribution is 2.38. The monoisotopic (exact) mass is 402 g/mol. The summed E-state index contributed by atoms with van der Waals surface area (Å²) in [5.41, 5.74) is 10.7. The van der Waals surface area contributed by atoms with Crippen LogP contribution < -0.4 is 5.73 Å². The SMILES string of the molecule is Cc1c(C(N)=O)c(-c2ccc(Br)cc2)c(C)n1C1CCCCCCC1. The maximum Gasteiger partial charge on any atom is 0.251 e. The van der Waals surface area contributed by atoms with E-state index >= 15 is 0 Å². The maximum atomic E-state index is 12.3. The molecule has 3 nitrogen and oxygen atoms in total. The van der Waals surface area contributed by atoms with Crippen molar-refractivity contribution in [1.29, 1.82) is 0 Å². The molecule has 0 saturated heterocycles. The number of nitrogens with zero attached hydrogens (tertiary/aromatic N) is 1. The van der Waals surface area contributed by atoms with Gasteiger partial charge in [0.05, 0.1) is 5.56 Å². The van der Waals surface area contributed by atoms with Gasteiger partial charge in [-0.25, -0.2) is 0 Å². The Bertz CT molecular complexity index is 753. The summed E-state index contributed by atoms with van der Waals surface area (Å²) in [5.74, 6) is -0.330. The molecule has 4 heteroatoms. The van der Waals surface area contributed by atoms with E-state index in [-0.39, 0.29) is 5.91 Å². The Balaban J connectivity index is 2.12. The van der Waals surface area contributed by atoms with Crippen molar-refractivity contribution in [3.8, 4) is 11.1 Å². The highest BCUT2D eigenvalue weighted by molar-refractivity contribution is 9.10. The summed E-state index contributed by atoms with van der Waals surface area (Å²) in [6.45, 7) is 4.18. The van der Waals surface area contributed by atoms with E-state index in [1.54, 1.807) is 0 Å². The minimum absolute atomic E-state index is 0.330. The van der Waals surface area contributed by atoms with Crippen molar-refractivity contribution < 1.29 is 4.79 Å². The number of hydrogen-bond acceptors (Lipinski definition) is 1. The van der Waals surface area contributed by atoms with Crippen molar-refractivity contribution in [1.82, 2.24) is 4.57 Å². The van der Waals surface area contributed by atoms with Crippen molar-refractivity contribution in [3.63, 3.8) is 0 Å². The van der Waals surface area contributed by atoms with Gasteiger partial charge in [0, 0.05) is 27.5 Å². The van der Waals surface area contributed by atoms with Gasteiger partial charge in [-0.05, 0) is 44.4 Å². The molecule has 1 aliphatic rings. The van der Waals surface area contributed by atoms with Crippen LogP contribution in [0.1, 0.15) is 72.7 Å². The van der Waals surface area contributed by atoms with E-state index in [1.165, 1.54) is 50.6 Å². The summed E-state index contributed by atoms with van der Waals surface area (Å²) in [7, 11) is 0. The molecule has 1 aromatic carbocycles. The summed E-state index contributed by atoms with van der Waals surface area (Å²) >= 11 is 3.49. The molecule has 1 amide bonds. The molecule has 1 aliphatic carbocycles. The summed E-state index contributed by atoms with van der Waals surface area (Å²) in [6, 6.07) is 8.62. The van der Waals surface area contributed by atoms with Gasteiger partial charge in [0.25, 0.3) is 5.91 Å². The molecule has 2 N–H and O–H groups in total. The maximum absolute atomic E-state index is 12.3. The zero-order valence-corrected chi connectivity index (χ0v) is 16.7. The van der Waals surface area contributed by atoms with E-state index in [0.717, 1.165) is 21.3 Å². The van der Waals surface area contributed by atoms with Crippen molar-refractivity contribution >= 4 is 21.8 Å². The minimum Gasteiger partial charge on any atom is -0.366 e. The van der Waals surface area contributed by atoms with Gasteiger partial charge in [-0.1, -0.05) is 60.2 Å². The molecule has 134 valence electrons. The highest BCUT2D eigenvalue weighted by atomic mass is 79.9. The van der Waals surface area contributed by atoms with Crippen LogP contribution in [0.5, 0.6) is 0 Å². The van der Waals surface area contributed by atoms with Crippen molar-refractivity contribution in [2.75, 3.05) is 0 Å². The summed E-state index contributed by atoms with van der Waals surface area (Å²) < 4.78 is 3.42. The first-order valence-electron chi connectivity index (χ1n) is 9.28. The number of carbonyl (C=O) groups is 1. The van der Waals surface area contributed by atoms with Crippen LogP contribution in [0.4, 0.5) is 0 Å². The van der Waals surface area contributed by atoms with E-state index in [2.05, 4.69) is 39.6 Å². The van der Waals surface area contributed by atoms with Crippen LogP contribution in [-0.2, 0) is 0 Å². The minimum atomic E-state index is -0.330. The normalized spacial score (nSPS) is 16.4. The van der Waals surface area contributed by atoms with Crippen LogP contribution in [0.2, 0.25) is 0 Å². The van der Waals surface area contributed by atoms with Gasteiger partial charge in [0.15, 0.2) is 0 Å². The second-order valence-electron chi connectivity index (χ2n) is 7.16. The molecule has 0 bridgehead atoms. The number of rotatable bonds is 3. The largest absolute Gasteiger partial charge is 0.366 e. The molecule has 2 aromatic rings. The van der Waals surface area contributed by atoms with E-state index in [4.69, 9.17) is 5.73 Å². The first-order valence-corrected chi connectivity index (χ1v) is 10.1. The number of primary amides is 1. The van der Waals surface area contributed by atoms with Gasteiger partial charge >= 0.3 is 0 Å². The van der Waals surface area contributed by atoms with Crippen LogP contribution in [0.15, 0.2) is 28.7 Å². The van der Waals surface area contributed by atoms with Crippen LogP contribution in [0, 0.1) is 13.8 Å². The number of halogens is 1. The van der Waals surface area contributed by atoms with Crippen molar-refractivity contribution in [3.05, 3.63) is 45.7 Å². The average Bonchev–Trinajstić information content (AvgIpc) is 2.80. The molecule has 0 unspecified atom stereocenters. The van der Waals surface area contributed by atoms with Crippen LogP contribution in [0.25, 0.3) is 11.1 Å². The van der Waals surface area contributed by atoms with Gasteiger partial charge in [-0.2, -0.15) is 0 Å². The number of amides is 1. The summed E-state index contributed by atoms with van der Waals surface area (Å²) in [4.78, 5) is 12.3. The molecular weight excluding hydrogens is 376 g/mol. The Morgan fingerprint density at radius 3 is 2.12 bits per heavy atom. The fourth-order valence-electron chi connectivity index (χ4n) is 4.37. The third-order valence-corrected chi connectivity index (χ3v) is 6.04. The topological polar surface area (TPSA) is 48.0 Å². The van der Waals surface area contributed by atoms with Crippen LogP contribution in [0.3, 0.4) is 0 Å². The Morgan fingerprint density at radius 2 is 1.56 bits per heavy atom. The Kier molecular flexibility index (Phi) is 5.67. The average molecular weight is 403 g/mol. The number of nitrogens with two attached hydrogens (primary N) is 1. The molecule has 25 heavy (non-hydrogen) atoms. The van der Waals surface area contributed by atoms with Gasteiger partial charge in [-0.3, -0.25) is 4.79 Å². The molecule has 3 rings (SSSR count). The third kappa shape index (κ3) is 3.69. The van der Waals surface area contributed by atoms with Gasteiger partial charge in [-0.15, -0.1) is 0 Å². The summed E-state index contributed by atoms with van der Waals surface area (Å²) in [6.07, 6.45) is 8.90. The Labute approximate surface area is 158 Å². The Hall–Kier alpha value is -1.55. The molecule has 1 heterocycles. The Morgan fingerprint density at radius 1 is 1.00 bits per heavy atom. The zero-order chi connectivity index (χ0) is 18.0. The van der Waals surface area contributed by atoms with E-state index in [9.17, 15) is 4.79 Å². The smallest absolute Gasteiger partial charge is 0.251 e. The van der Waals surface area contributed by atoms with Crippen LogP contribution in [-0.4, -0.2) is 10.5 Å². The lowest BCUT2D eigenvalue weighted by Gasteiger charge is -2.25. The lowest BCUT2D eigenvalue weighted by molar-refractivity contribution is 0.1000. The standard InChI is InChI=1S/C21H27BrN2O/c1-14-19(16-10-12-17(22)13-11-16)20(21(23)25)15(2)24(14)18-8-6-4-3-5-7-9-18/h10-13,18H,3-9H2,1-2H3,(H2,23,25). The fraction of sp³-hybridized carbons (Fsp3) is 0.476. The fourth-order valence-corrected chi connectivity index (χ4v) is 4.63. The molecule has 0 atom stereocenters. The van der Waals surface area contributed by atoms with Gasteiger partial charge in [0.2, 0.25) is 0 Å². The quantitative estimate of drug-likeness (QED) is 0.680. The van der Waals surface area contributed by atoms with Crippen molar-refractivity contribution in [2.45, 2.75) is 64.8 Å². The zero-order valence-electron chi connectivity index (χ0n) is 15.1. The predicted molar refractivity (Wildman–Crippen MR) is 107 cm³/mol. The first kappa shape index (κ1) is 18.2. The summed E-state index contributed by atoms with van der Waals surface area (Å²) in [5, 5.41) is 0. The van der Waals surface area contributed by atoms with Crippen LogP contribution >= 0.6 is 15.9 Å². The van der Waals surface area contributed by atoms with Crippen molar-refractivity contribution in [2.24, 2.45) is 5.73 Å². The van der Waals surface area contributed by atoms with Gasteiger partial charge in [0.1, 0.15) is 0 Å². The van der Waals surface area contributed by atoms with Gasteiger partial charge < -0.3 is 10.3 Å². The molecule has 0 spiro atoms. The molecular formula is C21H27BrN2O. The molecule has 0 radical (unpaired) electrons. The third-order valence-electron chi connectivity index (χ3n) is 5.52. The lowest BCUT2D eigenvalue weighted by atomic mass is 9.96. The molecule has 1 fully saturated rings. The van der Waals surface area contributed by atoms with E-state index in [0.29, 0.717) is 11.6 Å². The number of aromatic nitrogens is 1. The van der Waals surface area contributed by atoms with E-state index < -0.39 is 0 Å². The molecule has 1 aromatic heterocycles. The number of hydrogen-bond donors (Lipinski definition) is 1. The molecule has 1 saturated carbocycles. The number of carbonyl (C=O) groups excluding carboxylic acids is 1. The second kappa shape index (κ2) is 7.77. The van der Waals surface area contributed by atoms with E-state index in [1.807, 2.05) is 19.1 Å². The first-order chi connectivity index (χ1) is 12.0. The second-order valence-corrected chi connectivity index (χ2v) is 8.08.